The second-order valence-electron chi connectivity index (χ2n) is 3.20. The maximum absolute atomic E-state index is 10.4. The third-order valence-corrected chi connectivity index (χ3v) is 2.09. The van der Waals surface area contributed by atoms with E-state index >= 15 is 0 Å². The number of aromatic nitrogens is 1. The van der Waals surface area contributed by atoms with Crippen LogP contribution in [0, 0.1) is 0 Å². The van der Waals surface area contributed by atoms with Crippen LogP contribution in [0.25, 0.3) is 0 Å². The second kappa shape index (κ2) is 4.88. The number of carboxylic acid groups (broad SMARTS) is 1. The van der Waals surface area contributed by atoms with Gasteiger partial charge in [0.15, 0.2) is 6.10 Å². The number of pyridine rings is 1. The molecule has 7 heteroatoms. The quantitative estimate of drug-likeness (QED) is 0.429. The Morgan fingerprint density at radius 2 is 2.12 bits per heavy atom. The van der Waals surface area contributed by atoms with E-state index in [9.17, 15) is 9.90 Å². The van der Waals surface area contributed by atoms with Crippen molar-refractivity contribution in [3.8, 4) is 0 Å². The van der Waals surface area contributed by atoms with E-state index in [0.717, 1.165) is 6.20 Å². The zero-order valence-electron chi connectivity index (χ0n) is 8.24. The lowest BCUT2D eigenvalue weighted by Gasteiger charge is -2.15. The van der Waals surface area contributed by atoms with Gasteiger partial charge in [0, 0.05) is 17.3 Å². The summed E-state index contributed by atoms with van der Waals surface area (Å²) in [4.78, 5) is 14.1. The summed E-state index contributed by atoms with van der Waals surface area (Å²) < 4.78 is 0. The Labute approximate surface area is 90.8 Å². The minimum Gasteiger partial charge on any atom is -0.479 e. The molecule has 0 radical (unpaired) electrons. The van der Waals surface area contributed by atoms with Gasteiger partial charge in [-0.05, 0) is 6.07 Å². The predicted molar refractivity (Wildman–Crippen MR) is 53.2 cm³/mol. The van der Waals surface area contributed by atoms with E-state index in [0.29, 0.717) is 0 Å². The topological polar surface area (TPSA) is 137 Å². The third-order valence-electron chi connectivity index (χ3n) is 2.09. The zero-order chi connectivity index (χ0) is 12.3. The maximum atomic E-state index is 10.4. The standard InChI is InChI=1S/C9H12N2O5/c10-8-5(3-12)1-4(2-11-8)6(13)7(14)9(15)16/h1-2,6-7,12-14H,3H2,(H2,10,11)(H,15,16). The molecule has 0 bridgehead atoms. The molecule has 0 aromatic carbocycles. The predicted octanol–water partition coefficient (Wildman–Crippen LogP) is -1.37. The zero-order valence-corrected chi connectivity index (χ0v) is 8.24. The molecule has 1 heterocycles. The third kappa shape index (κ3) is 2.45. The van der Waals surface area contributed by atoms with Gasteiger partial charge in [0.25, 0.3) is 0 Å². The fourth-order valence-electron chi connectivity index (χ4n) is 1.15. The number of carbonyl (C=O) groups is 1. The number of aliphatic carboxylic acids is 1. The molecule has 0 saturated carbocycles. The normalized spacial score (nSPS) is 14.4. The number of carboxylic acids is 1. The van der Waals surface area contributed by atoms with Gasteiger partial charge in [0.05, 0.1) is 6.61 Å². The second-order valence-corrected chi connectivity index (χ2v) is 3.20. The minimum atomic E-state index is -1.95. The molecule has 0 amide bonds. The summed E-state index contributed by atoms with van der Waals surface area (Å²) >= 11 is 0. The molecule has 6 N–H and O–H groups in total. The summed E-state index contributed by atoms with van der Waals surface area (Å²) in [6.07, 6.45) is -2.42. The number of nitrogens with two attached hydrogens (primary N) is 1. The van der Waals surface area contributed by atoms with Crippen LogP contribution in [0.1, 0.15) is 17.2 Å². The van der Waals surface area contributed by atoms with Gasteiger partial charge >= 0.3 is 5.97 Å². The number of aliphatic hydroxyl groups excluding tert-OH is 3. The Kier molecular flexibility index (Phi) is 3.78. The van der Waals surface area contributed by atoms with Crippen molar-refractivity contribution in [3.05, 3.63) is 23.4 Å². The monoisotopic (exact) mass is 228 g/mol. The van der Waals surface area contributed by atoms with Crippen molar-refractivity contribution in [2.45, 2.75) is 18.8 Å². The summed E-state index contributed by atoms with van der Waals surface area (Å²) in [5, 5.41) is 36.0. The van der Waals surface area contributed by atoms with Crippen LogP contribution in [0.2, 0.25) is 0 Å². The largest absolute Gasteiger partial charge is 0.479 e. The average Bonchev–Trinajstić information content (AvgIpc) is 2.27. The van der Waals surface area contributed by atoms with Crippen molar-refractivity contribution in [1.82, 2.24) is 4.98 Å². The van der Waals surface area contributed by atoms with Gasteiger partial charge in [0.2, 0.25) is 0 Å². The van der Waals surface area contributed by atoms with E-state index in [4.69, 9.17) is 21.1 Å². The highest BCUT2D eigenvalue weighted by atomic mass is 16.4. The lowest BCUT2D eigenvalue weighted by Crippen LogP contribution is -2.27. The molecule has 1 aromatic heterocycles. The Bertz CT molecular complexity index is 395. The highest BCUT2D eigenvalue weighted by Crippen LogP contribution is 2.20. The Morgan fingerprint density at radius 3 is 2.62 bits per heavy atom. The van der Waals surface area contributed by atoms with Gasteiger partial charge in [0.1, 0.15) is 11.9 Å². The van der Waals surface area contributed by atoms with Crippen LogP contribution in [0.4, 0.5) is 5.82 Å². The molecule has 0 spiro atoms. The number of nitrogens with zero attached hydrogens (tertiary/aromatic N) is 1. The van der Waals surface area contributed by atoms with Crippen LogP contribution in [0.3, 0.4) is 0 Å². The van der Waals surface area contributed by atoms with E-state index in [1.54, 1.807) is 0 Å². The van der Waals surface area contributed by atoms with Gasteiger partial charge in [-0.15, -0.1) is 0 Å². The smallest absolute Gasteiger partial charge is 0.335 e. The molecule has 2 unspecified atom stereocenters. The number of hydrogen-bond acceptors (Lipinski definition) is 6. The molecule has 0 fully saturated rings. The van der Waals surface area contributed by atoms with Crippen molar-refractivity contribution in [2.75, 3.05) is 5.73 Å². The Hall–Kier alpha value is -1.70. The summed E-state index contributed by atoms with van der Waals surface area (Å²) in [6.45, 7) is -0.386. The van der Waals surface area contributed by atoms with E-state index in [-0.39, 0.29) is 23.6 Å². The van der Waals surface area contributed by atoms with Crippen LogP contribution >= 0.6 is 0 Å². The van der Waals surface area contributed by atoms with E-state index in [1.807, 2.05) is 0 Å². The molecule has 0 aliphatic heterocycles. The van der Waals surface area contributed by atoms with Crippen LogP contribution in [0.5, 0.6) is 0 Å². The molecule has 0 aliphatic rings. The van der Waals surface area contributed by atoms with E-state index < -0.39 is 18.2 Å². The molecule has 1 aromatic rings. The van der Waals surface area contributed by atoms with Gasteiger partial charge in [-0.3, -0.25) is 0 Å². The van der Waals surface area contributed by atoms with Crippen LogP contribution in [-0.4, -0.2) is 37.5 Å². The Morgan fingerprint density at radius 1 is 1.50 bits per heavy atom. The first-order valence-electron chi connectivity index (χ1n) is 4.41. The van der Waals surface area contributed by atoms with Gasteiger partial charge < -0.3 is 26.2 Å². The molecule has 1 rings (SSSR count). The summed E-state index contributed by atoms with van der Waals surface area (Å²) in [5.41, 5.74) is 5.74. The molecule has 7 nitrogen and oxygen atoms in total. The summed E-state index contributed by atoms with van der Waals surface area (Å²) in [5.74, 6) is -1.46. The molecule has 88 valence electrons. The Balaban J connectivity index is 3.00. The first-order chi connectivity index (χ1) is 7.47. The van der Waals surface area contributed by atoms with Gasteiger partial charge in [-0.2, -0.15) is 0 Å². The van der Waals surface area contributed by atoms with Crippen LogP contribution in [-0.2, 0) is 11.4 Å². The van der Waals surface area contributed by atoms with Crippen molar-refractivity contribution in [3.63, 3.8) is 0 Å². The number of nitrogen functional groups attached to an aromatic ring is 1. The molecule has 0 saturated heterocycles. The van der Waals surface area contributed by atoms with E-state index in [1.165, 1.54) is 6.07 Å². The summed E-state index contributed by atoms with van der Waals surface area (Å²) in [7, 11) is 0. The van der Waals surface area contributed by atoms with Crippen molar-refractivity contribution < 1.29 is 25.2 Å². The maximum Gasteiger partial charge on any atom is 0.335 e. The highest BCUT2D eigenvalue weighted by molar-refractivity contribution is 5.73. The molecule has 16 heavy (non-hydrogen) atoms. The minimum absolute atomic E-state index is 0.0770. The molecule has 0 aliphatic carbocycles. The van der Waals surface area contributed by atoms with Crippen molar-refractivity contribution in [1.29, 1.82) is 0 Å². The summed E-state index contributed by atoms with van der Waals surface area (Å²) in [6, 6.07) is 1.29. The van der Waals surface area contributed by atoms with Crippen molar-refractivity contribution >= 4 is 11.8 Å². The SMILES string of the molecule is Nc1ncc(C(O)C(O)C(=O)O)cc1CO. The fourth-order valence-corrected chi connectivity index (χ4v) is 1.15. The highest BCUT2D eigenvalue weighted by Gasteiger charge is 2.25. The average molecular weight is 228 g/mol. The van der Waals surface area contributed by atoms with Crippen LogP contribution in [0.15, 0.2) is 12.3 Å². The van der Waals surface area contributed by atoms with Crippen molar-refractivity contribution in [2.24, 2.45) is 0 Å². The lowest BCUT2D eigenvalue weighted by atomic mass is 10.0. The number of hydrogen-bond donors (Lipinski definition) is 5. The molecular formula is C9H12N2O5. The van der Waals surface area contributed by atoms with Gasteiger partial charge in [-0.25, -0.2) is 9.78 Å². The number of anilines is 1. The number of rotatable bonds is 4. The van der Waals surface area contributed by atoms with E-state index in [2.05, 4.69) is 4.98 Å². The number of aliphatic hydroxyl groups is 3. The first-order valence-corrected chi connectivity index (χ1v) is 4.41. The van der Waals surface area contributed by atoms with Gasteiger partial charge in [-0.1, -0.05) is 0 Å². The van der Waals surface area contributed by atoms with Crippen LogP contribution < -0.4 is 5.73 Å². The molecule has 2 atom stereocenters. The first kappa shape index (κ1) is 12.4. The molecular weight excluding hydrogens is 216 g/mol. The lowest BCUT2D eigenvalue weighted by molar-refractivity contribution is -0.153. The fraction of sp³-hybridized carbons (Fsp3) is 0.333.